The van der Waals surface area contributed by atoms with Crippen molar-refractivity contribution in [2.75, 3.05) is 0 Å². The first-order valence-electron chi connectivity index (χ1n) is 12.3. The Bertz CT molecular complexity index is 1010. The van der Waals surface area contributed by atoms with Gasteiger partial charge in [0.2, 0.25) is 15.0 Å². The van der Waals surface area contributed by atoms with Crippen LogP contribution in [0.15, 0.2) is 58.3 Å². The smallest absolute Gasteiger partial charge is 0.211 e. The minimum atomic E-state index is -3.94. The van der Waals surface area contributed by atoms with Crippen molar-refractivity contribution in [3.05, 3.63) is 58.3 Å². The van der Waals surface area contributed by atoms with Crippen LogP contribution in [-0.2, 0) is 9.84 Å². The van der Waals surface area contributed by atoms with Crippen LogP contribution in [0.5, 0.6) is 0 Å². The van der Waals surface area contributed by atoms with Gasteiger partial charge in [0.25, 0.3) is 0 Å². The van der Waals surface area contributed by atoms with Crippen molar-refractivity contribution in [2.45, 2.75) is 96.8 Å². The van der Waals surface area contributed by atoms with Crippen molar-refractivity contribution < 1.29 is 17.9 Å². The van der Waals surface area contributed by atoms with Gasteiger partial charge in [0.1, 0.15) is 0 Å². The summed E-state index contributed by atoms with van der Waals surface area (Å²) in [7, 11) is -3.94. The maximum atomic E-state index is 14.6. The second-order valence-corrected chi connectivity index (χ2v) is 14.0. The Labute approximate surface area is 200 Å². The van der Waals surface area contributed by atoms with Crippen LogP contribution in [0, 0.1) is 17.3 Å². The van der Waals surface area contributed by atoms with Crippen LogP contribution in [-0.4, -0.2) is 24.4 Å². The predicted molar refractivity (Wildman–Crippen MR) is 135 cm³/mol. The zero-order chi connectivity index (χ0) is 24.6. The Hall–Kier alpha value is -1.46. The van der Waals surface area contributed by atoms with Crippen LogP contribution >= 0.6 is 0 Å². The van der Waals surface area contributed by atoms with Gasteiger partial charge in [-0.1, -0.05) is 55.4 Å². The van der Waals surface area contributed by atoms with Gasteiger partial charge in [-0.2, -0.15) is 4.39 Å². The van der Waals surface area contributed by atoms with Crippen molar-refractivity contribution in [1.29, 1.82) is 0 Å². The second-order valence-electron chi connectivity index (χ2n) is 11.4. The van der Waals surface area contributed by atoms with E-state index < -0.39 is 19.7 Å². The van der Waals surface area contributed by atoms with Crippen molar-refractivity contribution in [1.82, 2.24) is 0 Å². The SMILES string of the molecule is C=C1CCC(O)C/C1=C/C=C1\CCCC2(C)C(C(C)C/C=C(\F)S(=O)(=O)C(C)(C)C)=CCC12. The van der Waals surface area contributed by atoms with Gasteiger partial charge >= 0.3 is 0 Å². The van der Waals surface area contributed by atoms with Gasteiger partial charge in [0.15, 0.2) is 0 Å². The van der Waals surface area contributed by atoms with Crippen LogP contribution in [0.25, 0.3) is 0 Å². The number of hydrogen-bond acceptors (Lipinski definition) is 3. The summed E-state index contributed by atoms with van der Waals surface area (Å²) in [5.74, 6) is 0.515. The van der Waals surface area contributed by atoms with Gasteiger partial charge in [0.05, 0.1) is 10.9 Å². The monoisotopic (exact) mass is 476 g/mol. The van der Waals surface area contributed by atoms with Crippen molar-refractivity contribution in [2.24, 2.45) is 17.3 Å². The first-order valence-corrected chi connectivity index (χ1v) is 13.8. The molecule has 0 radical (unpaired) electrons. The standard InChI is InChI=1S/C28H41FO3S/c1-19-9-13-23(30)18-22(19)12-11-21-8-7-17-28(6)24(14-15-25(21)28)20(2)10-16-26(29)33(31,32)27(3,4)5/h11-12,14,16,20,23,25,30H,1,7-10,13,15,17-18H2,2-6H3/b21-11+,22-12-,26-16+. The zero-order valence-electron chi connectivity index (χ0n) is 21.0. The molecule has 3 nitrogen and oxygen atoms in total. The zero-order valence-corrected chi connectivity index (χ0v) is 21.8. The quantitative estimate of drug-likeness (QED) is 0.430. The second kappa shape index (κ2) is 9.65. The van der Waals surface area contributed by atoms with Crippen LogP contribution in [0.3, 0.4) is 0 Å². The van der Waals surface area contributed by atoms with E-state index in [9.17, 15) is 17.9 Å². The summed E-state index contributed by atoms with van der Waals surface area (Å²) >= 11 is 0. The highest BCUT2D eigenvalue weighted by Crippen LogP contribution is 2.57. The lowest BCUT2D eigenvalue weighted by molar-refractivity contribution is 0.158. The molecule has 2 saturated carbocycles. The molecule has 0 bridgehead atoms. The molecule has 5 heteroatoms. The van der Waals surface area contributed by atoms with Gasteiger partial charge in [-0.05, 0) is 101 Å². The highest BCUT2D eigenvalue weighted by atomic mass is 32.2. The third kappa shape index (κ3) is 5.30. The van der Waals surface area contributed by atoms with Crippen molar-refractivity contribution in [3.8, 4) is 0 Å². The molecule has 0 spiro atoms. The Morgan fingerprint density at radius 1 is 1.33 bits per heavy atom. The first-order chi connectivity index (χ1) is 15.3. The molecule has 184 valence electrons. The Kier molecular flexibility index (Phi) is 7.65. The number of aliphatic hydroxyl groups excluding tert-OH is 1. The van der Waals surface area contributed by atoms with E-state index in [0.717, 1.165) is 49.7 Å². The lowest BCUT2D eigenvalue weighted by Crippen LogP contribution is -2.32. The van der Waals surface area contributed by atoms with E-state index in [1.807, 2.05) is 0 Å². The first kappa shape index (κ1) is 26.2. The molecule has 3 aliphatic carbocycles. The summed E-state index contributed by atoms with van der Waals surface area (Å²) in [4.78, 5) is 0. The average Bonchev–Trinajstić information content (AvgIpc) is 3.09. The molecule has 33 heavy (non-hydrogen) atoms. The fourth-order valence-corrected chi connectivity index (χ4v) is 6.71. The molecule has 0 aromatic rings. The molecule has 0 aromatic heterocycles. The van der Waals surface area contributed by atoms with Crippen molar-refractivity contribution in [3.63, 3.8) is 0 Å². The van der Waals surface area contributed by atoms with E-state index in [1.54, 1.807) is 0 Å². The molecule has 3 aliphatic rings. The van der Waals surface area contributed by atoms with Crippen molar-refractivity contribution >= 4 is 9.84 Å². The number of hydrogen-bond donors (Lipinski definition) is 1. The Morgan fingerprint density at radius 3 is 2.70 bits per heavy atom. The van der Waals surface area contributed by atoms with E-state index in [1.165, 1.54) is 38.0 Å². The number of halogens is 1. The third-order valence-corrected chi connectivity index (χ3v) is 10.3. The molecule has 0 heterocycles. The molecule has 0 saturated heterocycles. The normalized spacial score (nSPS) is 32.8. The highest BCUT2D eigenvalue weighted by Gasteiger charge is 2.46. The number of fused-ring (bicyclic) bond motifs is 1. The molecule has 2 fully saturated rings. The number of rotatable bonds is 5. The van der Waals surface area contributed by atoms with E-state index in [4.69, 9.17) is 0 Å². The van der Waals surface area contributed by atoms with Gasteiger partial charge < -0.3 is 5.11 Å². The van der Waals surface area contributed by atoms with Crippen LogP contribution in [0.4, 0.5) is 4.39 Å². The summed E-state index contributed by atoms with van der Waals surface area (Å²) in [6.45, 7) is 13.2. The fraction of sp³-hybridized carbons (Fsp3) is 0.643. The molecular formula is C28H41FO3S. The largest absolute Gasteiger partial charge is 0.393 e. The van der Waals surface area contributed by atoms with E-state index >= 15 is 0 Å². The molecular weight excluding hydrogens is 435 g/mol. The van der Waals surface area contributed by atoms with Gasteiger partial charge in [-0.25, -0.2) is 8.42 Å². The van der Waals surface area contributed by atoms with Gasteiger partial charge in [-0.3, -0.25) is 0 Å². The maximum absolute atomic E-state index is 14.6. The van der Waals surface area contributed by atoms with Gasteiger partial charge in [-0.15, -0.1) is 0 Å². The lowest BCUT2D eigenvalue weighted by atomic mass is 9.62. The minimum Gasteiger partial charge on any atom is -0.393 e. The topological polar surface area (TPSA) is 54.4 Å². The summed E-state index contributed by atoms with van der Waals surface area (Å²) in [5, 5.41) is 9.02. The summed E-state index contributed by atoms with van der Waals surface area (Å²) < 4.78 is 38.2. The molecule has 0 aromatic carbocycles. The van der Waals surface area contributed by atoms with Gasteiger partial charge in [0, 0.05) is 0 Å². The summed E-state index contributed by atoms with van der Waals surface area (Å²) in [6, 6.07) is 0. The maximum Gasteiger partial charge on any atom is 0.211 e. The predicted octanol–water partition coefficient (Wildman–Crippen LogP) is 7.13. The lowest BCUT2D eigenvalue weighted by Gasteiger charge is -2.42. The molecule has 1 N–H and O–H groups in total. The highest BCUT2D eigenvalue weighted by molar-refractivity contribution is 7.96. The summed E-state index contributed by atoms with van der Waals surface area (Å²) in [6.07, 6.45) is 14.7. The van der Waals surface area contributed by atoms with E-state index in [0.29, 0.717) is 18.8 Å². The molecule has 0 aliphatic heterocycles. The third-order valence-electron chi connectivity index (χ3n) is 8.02. The Morgan fingerprint density at radius 2 is 2.03 bits per heavy atom. The van der Waals surface area contributed by atoms with Crippen LogP contribution in [0.1, 0.15) is 86.0 Å². The number of allylic oxidation sites excluding steroid dienone is 7. The summed E-state index contributed by atoms with van der Waals surface area (Å²) in [5.41, 5.74) is 5.10. The van der Waals surface area contributed by atoms with E-state index in [-0.39, 0.29) is 17.4 Å². The Balaban J connectivity index is 1.76. The fourth-order valence-electron chi connectivity index (χ4n) is 5.81. The molecule has 4 unspecified atom stereocenters. The molecule has 3 rings (SSSR count). The van der Waals surface area contributed by atoms with Crippen LogP contribution in [0.2, 0.25) is 0 Å². The minimum absolute atomic E-state index is 0.0261. The number of sulfone groups is 1. The number of aliphatic hydroxyl groups is 1. The van der Waals surface area contributed by atoms with Crippen LogP contribution < -0.4 is 0 Å². The average molecular weight is 477 g/mol. The molecule has 4 atom stereocenters. The van der Waals surface area contributed by atoms with E-state index in [2.05, 4.69) is 38.7 Å². The molecule has 0 amide bonds.